The molecule has 0 unspecified atom stereocenters. The highest BCUT2D eigenvalue weighted by molar-refractivity contribution is 9.10. The van der Waals surface area contributed by atoms with Gasteiger partial charge in [-0.25, -0.2) is 5.43 Å². The van der Waals surface area contributed by atoms with Crippen molar-refractivity contribution in [3.8, 4) is 11.1 Å². The van der Waals surface area contributed by atoms with Gasteiger partial charge in [-0.15, -0.1) is 0 Å². The summed E-state index contributed by atoms with van der Waals surface area (Å²) in [5, 5.41) is 5.38. The average Bonchev–Trinajstić information content (AvgIpc) is 3.06. The first-order valence-corrected chi connectivity index (χ1v) is 9.74. The summed E-state index contributed by atoms with van der Waals surface area (Å²) in [5.74, 6) is -0.200. The molecular weight excluding hydrogens is 390 g/mol. The van der Waals surface area contributed by atoms with Gasteiger partial charge in [0.2, 0.25) is 0 Å². The maximum absolute atomic E-state index is 12.9. The normalized spacial score (nSPS) is 14.4. The van der Waals surface area contributed by atoms with Gasteiger partial charge in [0.1, 0.15) is 5.69 Å². The number of rotatable bonds is 3. The van der Waals surface area contributed by atoms with E-state index in [0.717, 1.165) is 57.9 Å². The largest absolute Gasteiger partial charge is 0.350 e. The molecule has 0 radical (unpaired) electrons. The van der Waals surface area contributed by atoms with Crippen LogP contribution in [-0.2, 0) is 0 Å². The van der Waals surface area contributed by atoms with Crippen molar-refractivity contribution in [3.63, 3.8) is 0 Å². The zero-order valence-corrected chi connectivity index (χ0v) is 16.0. The van der Waals surface area contributed by atoms with Gasteiger partial charge in [-0.3, -0.25) is 4.79 Å². The molecule has 1 aliphatic rings. The third kappa shape index (κ3) is 3.44. The fourth-order valence-corrected chi connectivity index (χ4v) is 3.86. The van der Waals surface area contributed by atoms with Crippen LogP contribution in [-0.4, -0.2) is 16.6 Å². The summed E-state index contributed by atoms with van der Waals surface area (Å²) >= 11 is 3.53. The number of nitrogens with zero attached hydrogens (tertiary/aromatic N) is 1. The van der Waals surface area contributed by atoms with Gasteiger partial charge in [0.05, 0.1) is 0 Å². The second-order valence-electron chi connectivity index (χ2n) is 6.61. The maximum Gasteiger partial charge on any atom is 0.288 e. The Bertz CT molecular complexity index is 968. The van der Waals surface area contributed by atoms with Gasteiger partial charge in [-0.05, 0) is 49.4 Å². The van der Waals surface area contributed by atoms with Crippen molar-refractivity contribution in [2.24, 2.45) is 5.10 Å². The highest BCUT2D eigenvalue weighted by atomic mass is 79.9. The molecule has 3 aromatic rings. The molecular formula is C21H20BrN3O. The molecule has 1 heterocycles. The minimum atomic E-state index is -0.200. The Labute approximate surface area is 160 Å². The van der Waals surface area contributed by atoms with E-state index in [1.54, 1.807) is 0 Å². The molecule has 0 aliphatic heterocycles. The topological polar surface area (TPSA) is 57.2 Å². The minimum absolute atomic E-state index is 0.200. The third-order valence-electron chi connectivity index (χ3n) is 4.80. The molecule has 1 fully saturated rings. The Hall–Kier alpha value is -2.40. The van der Waals surface area contributed by atoms with Crippen LogP contribution in [0.1, 0.15) is 42.6 Å². The fourth-order valence-electron chi connectivity index (χ4n) is 3.50. The Kier molecular flexibility index (Phi) is 4.89. The molecule has 26 heavy (non-hydrogen) atoms. The Balaban J connectivity index is 1.75. The predicted molar refractivity (Wildman–Crippen MR) is 109 cm³/mol. The number of amides is 1. The van der Waals surface area contributed by atoms with E-state index < -0.39 is 0 Å². The molecule has 132 valence electrons. The first-order valence-electron chi connectivity index (χ1n) is 8.95. The van der Waals surface area contributed by atoms with Gasteiger partial charge in [0.15, 0.2) is 0 Å². The summed E-state index contributed by atoms with van der Waals surface area (Å²) in [5.41, 5.74) is 7.24. The third-order valence-corrected chi connectivity index (χ3v) is 5.29. The van der Waals surface area contributed by atoms with Crippen LogP contribution in [0.5, 0.6) is 0 Å². The summed E-state index contributed by atoms with van der Waals surface area (Å²) in [7, 11) is 0. The van der Waals surface area contributed by atoms with E-state index in [4.69, 9.17) is 0 Å². The van der Waals surface area contributed by atoms with E-state index in [0.29, 0.717) is 5.69 Å². The first kappa shape index (κ1) is 17.0. The van der Waals surface area contributed by atoms with E-state index in [2.05, 4.69) is 31.4 Å². The number of hydrogen-bond acceptors (Lipinski definition) is 2. The molecule has 1 amide bonds. The van der Waals surface area contributed by atoms with Crippen LogP contribution in [0.4, 0.5) is 0 Å². The molecule has 2 N–H and O–H groups in total. The molecule has 4 rings (SSSR count). The molecule has 1 saturated carbocycles. The van der Waals surface area contributed by atoms with Crippen LogP contribution in [0.15, 0.2) is 58.1 Å². The second-order valence-corrected chi connectivity index (χ2v) is 7.53. The standard InChI is InChI=1S/C21H20BrN3O/c22-15-11-12-18-17(13-15)19(14-7-3-1-4-8-14)20(23-18)21(26)25-24-16-9-5-2-6-10-16/h1,3-4,7-8,11-13,23H,2,5-6,9-10H2,(H,25,26). The number of H-pyrrole nitrogens is 1. The monoisotopic (exact) mass is 409 g/mol. The van der Waals surface area contributed by atoms with Crippen LogP contribution in [0.2, 0.25) is 0 Å². The van der Waals surface area contributed by atoms with Gasteiger partial charge < -0.3 is 4.98 Å². The van der Waals surface area contributed by atoms with E-state index in [-0.39, 0.29) is 5.91 Å². The molecule has 0 saturated heterocycles. The summed E-state index contributed by atoms with van der Waals surface area (Å²) in [4.78, 5) is 16.2. The van der Waals surface area contributed by atoms with Crippen molar-refractivity contribution in [1.29, 1.82) is 0 Å². The molecule has 5 heteroatoms. The van der Waals surface area contributed by atoms with Gasteiger partial charge in [-0.2, -0.15) is 5.10 Å². The molecule has 0 spiro atoms. The van der Waals surface area contributed by atoms with E-state index in [9.17, 15) is 4.79 Å². The predicted octanol–water partition coefficient (Wildman–Crippen LogP) is 5.65. The highest BCUT2D eigenvalue weighted by Crippen LogP contribution is 2.34. The smallest absolute Gasteiger partial charge is 0.288 e. The van der Waals surface area contributed by atoms with E-state index >= 15 is 0 Å². The number of hydrazone groups is 1. The van der Waals surface area contributed by atoms with Crippen molar-refractivity contribution in [2.75, 3.05) is 0 Å². The number of aromatic amines is 1. The Morgan fingerprint density at radius 1 is 1.04 bits per heavy atom. The molecule has 2 aromatic carbocycles. The molecule has 0 bridgehead atoms. The number of benzene rings is 2. The maximum atomic E-state index is 12.9. The van der Waals surface area contributed by atoms with Crippen molar-refractivity contribution in [2.45, 2.75) is 32.1 Å². The van der Waals surface area contributed by atoms with E-state index in [1.165, 1.54) is 6.42 Å². The molecule has 1 aliphatic carbocycles. The molecule has 0 atom stereocenters. The summed E-state index contributed by atoms with van der Waals surface area (Å²) in [6.07, 6.45) is 5.52. The van der Waals surface area contributed by atoms with Gasteiger partial charge >= 0.3 is 0 Å². The first-order chi connectivity index (χ1) is 12.7. The van der Waals surface area contributed by atoms with Gasteiger partial charge in [0, 0.05) is 26.7 Å². The Morgan fingerprint density at radius 2 is 1.81 bits per heavy atom. The molecule has 4 nitrogen and oxygen atoms in total. The quantitative estimate of drug-likeness (QED) is 0.539. The van der Waals surface area contributed by atoms with Crippen molar-refractivity contribution >= 4 is 38.5 Å². The number of hydrogen-bond donors (Lipinski definition) is 2. The van der Waals surface area contributed by atoms with Crippen molar-refractivity contribution in [1.82, 2.24) is 10.4 Å². The van der Waals surface area contributed by atoms with E-state index in [1.807, 2.05) is 48.5 Å². The number of carbonyl (C=O) groups excluding carboxylic acids is 1. The van der Waals surface area contributed by atoms with Crippen LogP contribution < -0.4 is 5.43 Å². The zero-order valence-electron chi connectivity index (χ0n) is 14.4. The number of nitrogens with one attached hydrogen (secondary N) is 2. The average molecular weight is 410 g/mol. The lowest BCUT2D eigenvalue weighted by molar-refractivity contribution is 0.0951. The second kappa shape index (κ2) is 7.46. The number of carbonyl (C=O) groups is 1. The lowest BCUT2D eigenvalue weighted by Crippen LogP contribution is -2.21. The van der Waals surface area contributed by atoms with Crippen molar-refractivity contribution in [3.05, 3.63) is 58.7 Å². The minimum Gasteiger partial charge on any atom is -0.350 e. The van der Waals surface area contributed by atoms with Crippen molar-refractivity contribution < 1.29 is 4.79 Å². The van der Waals surface area contributed by atoms with Gasteiger partial charge in [0.25, 0.3) is 5.91 Å². The zero-order chi connectivity index (χ0) is 17.9. The lowest BCUT2D eigenvalue weighted by Gasteiger charge is -2.12. The lowest BCUT2D eigenvalue weighted by atomic mass is 9.99. The van der Waals surface area contributed by atoms with Crippen LogP contribution >= 0.6 is 15.9 Å². The summed E-state index contributed by atoms with van der Waals surface area (Å²) in [6.45, 7) is 0. The molecule has 1 aromatic heterocycles. The van der Waals surface area contributed by atoms with Gasteiger partial charge in [-0.1, -0.05) is 52.7 Å². The van der Waals surface area contributed by atoms with Crippen LogP contribution in [0, 0.1) is 0 Å². The number of halogens is 1. The van der Waals surface area contributed by atoms with Crippen LogP contribution in [0.25, 0.3) is 22.0 Å². The Morgan fingerprint density at radius 3 is 2.58 bits per heavy atom. The fraction of sp³-hybridized carbons (Fsp3) is 0.238. The van der Waals surface area contributed by atoms with Crippen LogP contribution in [0.3, 0.4) is 0 Å². The number of fused-ring (bicyclic) bond motifs is 1. The highest BCUT2D eigenvalue weighted by Gasteiger charge is 2.19. The summed E-state index contributed by atoms with van der Waals surface area (Å²) in [6, 6.07) is 16.0. The SMILES string of the molecule is O=C(NN=C1CCCCC1)c1[nH]c2ccc(Br)cc2c1-c1ccccc1. The number of aromatic nitrogens is 1. The summed E-state index contributed by atoms with van der Waals surface area (Å²) < 4.78 is 0.982.